The lowest BCUT2D eigenvalue weighted by Gasteiger charge is -2.29. The summed E-state index contributed by atoms with van der Waals surface area (Å²) in [6, 6.07) is 7.34. The minimum atomic E-state index is -4.18. The van der Waals surface area contributed by atoms with Crippen LogP contribution in [0, 0.1) is 0 Å². The van der Waals surface area contributed by atoms with Gasteiger partial charge in [-0.3, -0.25) is 14.7 Å². The molecule has 168 valence electrons. The number of nitrogens with one attached hydrogen (secondary N) is 2. The Labute approximate surface area is 191 Å². The Balaban J connectivity index is 0.00000320. The SMILES string of the molecule is CN=C(NCCCN1C(=O)COc2ccccc21)NC1CCN(CC(F)(F)F)C1.I. The molecule has 0 saturated carbocycles. The molecule has 0 aromatic heterocycles. The fraction of sp³-hybridized carbons (Fsp3) is 0.579. The molecular formula is C19H27F3IN5O2. The zero-order valence-corrected chi connectivity index (χ0v) is 19.1. The third-order valence-corrected chi connectivity index (χ3v) is 4.90. The van der Waals surface area contributed by atoms with Crippen LogP contribution in [0.4, 0.5) is 18.9 Å². The van der Waals surface area contributed by atoms with Gasteiger partial charge in [-0.05, 0) is 25.0 Å². The molecule has 1 unspecified atom stereocenters. The van der Waals surface area contributed by atoms with Crippen LogP contribution in [-0.4, -0.2) is 75.4 Å². The molecule has 0 spiro atoms. The fourth-order valence-corrected chi connectivity index (χ4v) is 3.58. The van der Waals surface area contributed by atoms with E-state index in [-0.39, 0.29) is 42.5 Å². The van der Waals surface area contributed by atoms with Gasteiger partial charge in [0.05, 0.1) is 12.2 Å². The van der Waals surface area contributed by atoms with E-state index in [2.05, 4.69) is 15.6 Å². The van der Waals surface area contributed by atoms with Gasteiger partial charge in [0, 0.05) is 39.3 Å². The van der Waals surface area contributed by atoms with Crippen molar-refractivity contribution in [1.82, 2.24) is 15.5 Å². The number of guanidine groups is 1. The number of carbonyl (C=O) groups excluding carboxylic acids is 1. The predicted octanol–water partition coefficient (Wildman–Crippen LogP) is 2.22. The van der Waals surface area contributed by atoms with Crippen LogP contribution in [0.3, 0.4) is 0 Å². The first-order valence-corrected chi connectivity index (χ1v) is 9.64. The Hall–Kier alpha value is -1.76. The molecular weight excluding hydrogens is 514 g/mol. The van der Waals surface area contributed by atoms with E-state index in [9.17, 15) is 18.0 Å². The number of alkyl halides is 3. The summed E-state index contributed by atoms with van der Waals surface area (Å²) in [5, 5.41) is 6.34. The second-order valence-electron chi connectivity index (χ2n) is 7.13. The van der Waals surface area contributed by atoms with Crippen molar-refractivity contribution >= 4 is 41.5 Å². The summed E-state index contributed by atoms with van der Waals surface area (Å²) in [6.07, 6.45) is -2.86. The van der Waals surface area contributed by atoms with Crippen molar-refractivity contribution in [2.75, 3.05) is 51.3 Å². The molecule has 0 radical (unpaired) electrons. The van der Waals surface area contributed by atoms with Crippen LogP contribution in [0.15, 0.2) is 29.3 Å². The molecule has 1 saturated heterocycles. The number of hydrogen-bond donors (Lipinski definition) is 2. The van der Waals surface area contributed by atoms with E-state index < -0.39 is 12.7 Å². The van der Waals surface area contributed by atoms with Crippen molar-refractivity contribution in [2.45, 2.75) is 25.1 Å². The van der Waals surface area contributed by atoms with Crippen LogP contribution in [0.1, 0.15) is 12.8 Å². The summed E-state index contributed by atoms with van der Waals surface area (Å²) >= 11 is 0. The second-order valence-corrected chi connectivity index (χ2v) is 7.13. The minimum absolute atomic E-state index is 0. The van der Waals surface area contributed by atoms with Gasteiger partial charge < -0.3 is 20.3 Å². The van der Waals surface area contributed by atoms with Gasteiger partial charge in [-0.1, -0.05) is 12.1 Å². The maximum Gasteiger partial charge on any atom is 0.401 e. The number of likely N-dealkylation sites (tertiary alicyclic amines) is 1. The minimum Gasteiger partial charge on any atom is -0.482 e. The highest BCUT2D eigenvalue weighted by Crippen LogP contribution is 2.31. The van der Waals surface area contributed by atoms with Crippen molar-refractivity contribution in [3.63, 3.8) is 0 Å². The largest absolute Gasteiger partial charge is 0.482 e. The van der Waals surface area contributed by atoms with Gasteiger partial charge >= 0.3 is 6.18 Å². The fourth-order valence-electron chi connectivity index (χ4n) is 3.58. The summed E-state index contributed by atoms with van der Waals surface area (Å²) in [5.74, 6) is 1.17. The Morgan fingerprint density at radius 1 is 1.33 bits per heavy atom. The number of para-hydroxylation sites is 2. The highest BCUT2D eigenvalue weighted by molar-refractivity contribution is 14.0. The molecule has 1 fully saturated rings. The third kappa shape index (κ3) is 6.89. The van der Waals surface area contributed by atoms with Gasteiger partial charge in [0.15, 0.2) is 12.6 Å². The zero-order chi connectivity index (χ0) is 20.9. The van der Waals surface area contributed by atoms with Gasteiger partial charge in [-0.15, -0.1) is 24.0 Å². The Bertz CT molecular complexity index is 747. The molecule has 1 amide bonds. The van der Waals surface area contributed by atoms with Crippen LogP contribution in [0.5, 0.6) is 5.75 Å². The van der Waals surface area contributed by atoms with Crippen LogP contribution in [-0.2, 0) is 4.79 Å². The summed E-state index contributed by atoms with van der Waals surface area (Å²) in [5.41, 5.74) is 0.766. The lowest BCUT2D eigenvalue weighted by Crippen LogP contribution is -2.46. The Kier molecular flexibility index (Phi) is 9.01. The summed E-state index contributed by atoms with van der Waals surface area (Å²) in [4.78, 5) is 19.4. The van der Waals surface area contributed by atoms with Crippen molar-refractivity contribution in [2.24, 2.45) is 4.99 Å². The van der Waals surface area contributed by atoms with Crippen LogP contribution < -0.4 is 20.3 Å². The highest BCUT2D eigenvalue weighted by Gasteiger charge is 2.34. The Morgan fingerprint density at radius 3 is 2.83 bits per heavy atom. The first kappa shape index (κ1) is 24.5. The van der Waals surface area contributed by atoms with E-state index in [4.69, 9.17) is 4.74 Å². The molecule has 2 aliphatic heterocycles. The first-order chi connectivity index (χ1) is 13.9. The third-order valence-electron chi connectivity index (χ3n) is 4.90. The summed E-state index contributed by atoms with van der Waals surface area (Å²) < 4.78 is 43.0. The molecule has 2 aliphatic rings. The maximum absolute atomic E-state index is 12.5. The number of benzene rings is 1. The molecule has 2 heterocycles. The first-order valence-electron chi connectivity index (χ1n) is 9.64. The van der Waals surface area contributed by atoms with Crippen LogP contribution in [0.25, 0.3) is 0 Å². The quantitative estimate of drug-likeness (QED) is 0.250. The number of aliphatic imine (C=N–C) groups is 1. The lowest BCUT2D eigenvalue weighted by atomic mass is 10.2. The average molecular weight is 541 g/mol. The van der Waals surface area contributed by atoms with Crippen molar-refractivity contribution in [1.29, 1.82) is 0 Å². The highest BCUT2D eigenvalue weighted by atomic mass is 127. The van der Waals surface area contributed by atoms with Crippen LogP contribution >= 0.6 is 24.0 Å². The number of nitrogens with zero attached hydrogens (tertiary/aromatic N) is 3. The molecule has 3 rings (SSSR count). The van der Waals surface area contributed by atoms with E-state index in [1.807, 2.05) is 24.3 Å². The number of rotatable bonds is 6. The maximum atomic E-state index is 12.5. The van der Waals surface area contributed by atoms with Crippen LogP contribution in [0.2, 0.25) is 0 Å². The van der Waals surface area contributed by atoms with Crippen molar-refractivity contribution in [3.05, 3.63) is 24.3 Å². The van der Waals surface area contributed by atoms with E-state index in [0.29, 0.717) is 50.7 Å². The van der Waals surface area contributed by atoms with Gasteiger partial charge in [0.25, 0.3) is 5.91 Å². The standard InChI is InChI=1S/C19H26F3N5O2.HI/c1-23-18(25-14-7-10-26(11-14)13-19(20,21)22)24-8-4-9-27-15-5-2-3-6-16(15)29-12-17(27)28;/h2-3,5-6,14H,4,7-13H2,1H3,(H2,23,24,25);1H. The number of hydrogen-bond acceptors (Lipinski definition) is 4. The average Bonchev–Trinajstić information content (AvgIpc) is 3.10. The molecule has 11 heteroatoms. The van der Waals surface area contributed by atoms with Gasteiger partial charge in [0.1, 0.15) is 5.75 Å². The van der Waals surface area contributed by atoms with Gasteiger partial charge in [-0.2, -0.15) is 13.2 Å². The molecule has 1 aromatic carbocycles. The molecule has 1 aromatic rings. The van der Waals surface area contributed by atoms with Crippen molar-refractivity contribution < 1.29 is 22.7 Å². The lowest BCUT2D eigenvalue weighted by molar-refractivity contribution is -0.143. The number of anilines is 1. The normalized spacial score (nSPS) is 19.7. The zero-order valence-electron chi connectivity index (χ0n) is 16.7. The van der Waals surface area contributed by atoms with E-state index in [1.54, 1.807) is 11.9 Å². The van der Waals surface area contributed by atoms with E-state index >= 15 is 0 Å². The number of amides is 1. The number of fused-ring (bicyclic) bond motifs is 1. The van der Waals surface area contributed by atoms with Gasteiger partial charge in [-0.25, -0.2) is 0 Å². The molecule has 1 atom stereocenters. The van der Waals surface area contributed by atoms with Crippen molar-refractivity contribution in [3.8, 4) is 5.75 Å². The molecule has 30 heavy (non-hydrogen) atoms. The topological polar surface area (TPSA) is 69.2 Å². The Morgan fingerprint density at radius 2 is 2.10 bits per heavy atom. The molecule has 0 bridgehead atoms. The number of carbonyl (C=O) groups is 1. The number of ether oxygens (including phenoxy) is 1. The molecule has 0 aliphatic carbocycles. The second kappa shape index (κ2) is 11.0. The summed E-state index contributed by atoms with van der Waals surface area (Å²) in [7, 11) is 1.62. The monoisotopic (exact) mass is 541 g/mol. The number of halogens is 4. The predicted molar refractivity (Wildman–Crippen MR) is 120 cm³/mol. The molecule has 7 nitrogen and oxygen atoms in total. The molecule has 2 N–H and O–H groups in total. The summed E-state index contributed by atoms with van der Waals surface area (Å²) in [6.45, 7) is 0.999. The van der Waals surface area contributed by atoms with Gasteiger partial charge in [0.2, 0.25) is 0 Å². The smallest absolute Gasteiger partial charge is 0.401 e. The van der Waals surface area contributed by atoms with E-state index in [0.717, 1.165) is 5.69 Å². The van der Waals surface area contributed by atoms with E-state index in [1.165, 1.54) is 4.90 Å².